The molecular formula is C20H21ClN4O2. The van der Waals surface area contributed by atoms with Crippen molar-refractivity contribution in [2.24, 2.45) is 5.73 Å². The molecule has 6 nitrogen and oxygen atoms in total. The highest BCUT2D eigenvalue weighted by atomic mass is 35.5. The summed E-state index contributed by atoms with van der Waals surface area (Å²) in [5.41, 5.74) is 7.93. The third kappa shape index (κ3) is 3.50. The third-order valence-corrected chi connectivity index (χ3v) is 5.20. The van der Waals surface area contributed by atoms with E-state index in [4.69, 9.17) is 21.8 Å². The van der Waals surface area contributed by atoms with Gasteiger partial charge < -0.3 is 15.1 Å². The minimum absolute atomic E-state index is 0.0880. The molecule has 1 aliphatic heterocycles. The van der Waals surface area contributed by atoms with Crippen molar-refractivity contribution in [3.8, 4) is 17.1 Å². The lowest BCUT2D eigenvalue weighted by Crippen LogP contribution is -2.48. The van der Waals surface area contributed by atoms with Gasteiger partial charge in [-0.1, -0.05) is 11.6 Å². The summed E-state index contributed by atoms with van der Waals surface area (Å²) in [6.45, 7) is 2.67. The summed E-state index contributed by atoms with van der Waals surface area (Å²) in [7, 11) is 0. The lowest BCUT2D eigenvalue weighted by atomic mass is 9.99. The van der Waals surface area contributed by atoms with Crippen LogP contribution in [0.5, 0.6) is 0 Å². The van der Waals surface area contributed by atoms with Gasteiger partial charge in [-0.25, -0.2) is 4.68 Å². The van der Waals surface area contributed by atoms with Gasteiger partial charge in [0.15, 0.2) is 11.5 Å². The van der Waals surface area contributed by atoms with Gasteiger partial charge in [0.05, 0.1) is 12.0 Å². The van der Waals surface area contributed by atoms with Crippen LogP contribution in [0.3, 0.4) is 0 Å². The molecule has 0 saturated carbocycles. The normalized spacial score (nSPS) is 20.0. The molecule has 27 heavy (non-hydrogen) atoms. The molecule has 0 spiro atoms. The van der Waals surface area contributed by atoms with Crippen molar-refractivity contribution in [1.29, 1.82) is 0 Å². The van der Waals surface area contributed by atoms with Crippen LogP contribution < -0.4 is 5.73 Å². The zero-order chi connectivity index (χ0) is 19.0. The summed E-state index contributed by atoms with van der Waals surface area (Å²) in [6.07, 6.45) is 3.21. The van der Waals surface area contributed by atoms with Gasteiger partial charge in [-0.2, -0.15) is 5.10 Å². The summed E-state index contributed by atoms with van der Waals surface area (Å²) in [5.74, 6) is 0.556. The Hall–Kier alpha value is -2.57. The standard InChI is InChI=1S/C20H21ClN4O2/c1-13-11-15(22)8-9-24(13)20(26)17-12-18(19-3-2-10-27-19)25(23-17)16-6-4-14(21)5-7-16/h2-7,10,12-13,15H,8-9,11,22H2,1H3/t13-,15+/m1/s1. The van der Waals surface area contributed by atoms with E-state index in [1.807, 2.05) is 36.1 Å². The van der Waals surface area contributed by atoms with Crippen molar-refractivity contribution >= 4 is 17.5 Å². The summed E-state index contributed by atoms with van der Waals surface area (Å²) < 4.78 is 7.26. The molecule has 0 unspecified atom stereocenters. The first-order valence-electron chi connectivity index (χ1n) is 8.99. The zero-order valence-electron chi connectivity index (χ0n) is 15.0. The van der Waals surface area contributed by atoms with Gasteiger partial charge in [0.2, 0.25) is 0 Å². The molecule has 2 atom stereocenters. The quantitative estimate of drug-likeness (QED) is 0.746. The first kappa shape index (κ1) is 17.8. The predicted molar refractivity (Wildman–Crippen MR) is 104 cm³/mol. The van der Waals surface area contributed by atoms with Crippen LogP contribution in [-0.2, 0) is 0 Å². The zero-order valence-corrected chi connectivity index (χ0v) is 15.8. The van der Waals surface area contributed by atoms with E-state index in [0.717, 1.165) is 18.5 Å². The topological polar surface area (TPSA) is 77.3 Å². The Kier molecular flexibility index (Phi) is 4.76. The molecule has 1 aliphatic rings. The Morgan fingerprint density at radius 1 is 1.30 bits per heavy atom. The number of nitrogens with zero attached hydrogens (tertiary/aromatic N) is 3. The number of furan rings is 1. The number of benzene rings is 1. The third-order valence-electron chi connectivity index (χ3n) is 4.95. The number of hydrogen-bond donors (Lipinski definition) is 1. The van der Waals surface area contributed by atoms with E-state index in [1.54, 1.807) is 29.1 Å². The van der Waals surface area contributed by atoms with Gasteiger partial charge >= 0.3 is 0 Å². The van der Waals surface area contributed by atoms with Crippen molar-refractivity contribution in [3.63, 3.8) is 0 Å². The van der Waals surface area contributed by atoms with Crippen LogP contribution in [0, 0.1) is 0 Å². The average molecular weight is 385 g/mol. The van der Waals surface area contributed by atoms with Gasteiger partial charge in [-0.05, 0) is 56.2 Å². The highest BCUT2D eigenvalue weighted by Gasteiger charge is 2.30. The van der Waals surface area contributed by atoms with Crippen LogP contribution in [0.1, 0.15) is 30.3 Å². The fraction of sp³-hybridized carbons (Fsp3) is 0.300. The van der Waals surface area contributed by atoms with Crippen LogP contribution >= 0.6 is 11.6 Å². The molecule has 4 rings (SSSR count). The minimum Gasteiger partial charge on any atom is -0.463 e. The number of nitrogens with two attached hydrogens (primary N) is 1. The Bertz CT molecular complexity index is 934. The molecule has 3 aromatic rings. The predicted octanol–water partition coefficient (Wildman–Crippen LogP) is 3.74. The Balaban J connectivity index is 1.73. The number of halogens is 1. The van der Waals surface area contributed by atoms with Crippen molar-refractivity contribution in [1.82, 2.24) is 14.7 Å². The number of aromatic nitrogens is 2. The first-order valence-corrected chi connectivity index (χ1v) is 9.37. The summed E-state index contributed by atoms with van der Waals surface area (Å²) in [4.78, 5) is 14.9. The summed E-state index contributed by atoms with van der Waals surface area (Å²) >= 11 is 6.00. The highest BCUT2D eigenvalue weighted by molar-refractivity contribution is 6.30. The molecule has 1 aromatic carbocycles. The van der Waals surface area contributed by atoms with Crippen molar-refractivity contribution in [2.45, 2.75) is 31.8 Å². The van der Waals surface area contributed by atoms with E-state index in [9.17, 15) is 4.79 Å². The van der Waals surface area contributed by atoms with Gasteiger partial charge in [0.1, 0.15) is 5.69 Å². The SMILES string of the molecule is C[C@@H]1C[C@@H](N)CCN1C(=O)c1cc(-c2ccco2)n(-c2ccc(Cl)cc2)n1. The molecule has 7 heteroatoms. The van der Waals surface area contributed by atoms with Crippen molar-refractivity contribution < 1.29 is 9.21 Å². The number of hydrogen-bond acceptors (Lipinski definition) is 4. The molecular weight excluding hydrogens is 364 g/mol. The average Bonchev–Trinajstić information content (AvgIpc) is 3.31. The lowest BCUT2D eigenvalue weighted by molar-refractivity contribution is 0.0612. The van der Waals surface area contributed by atoms with Crippen LogP contribution in [-0.4, -0.2) is 39.2 Å². The van der Waals surface area contributed by atoms with E-state index in [2.05, 4.69) is 5.10 Å². The molecule has 3 heterocycles. The van der Waals surface area contributed by atoms with E-state index in [-0.39, 0.29) is 18.0 Å². The number of amides is 1. The molecule has 1 amide bonds. The monoisotopic (exact) mass is 384 g/mol. The molecule has 0 bridgehead atoms. The van der Waals surface area contributed by atoms with E-state index in [1.165, 1.54) is 0 Å². The fourth-order valence-electron chi connectivity index (χ4n) is 3.52. The second kappa shape index (κ2) is 7.21. The molecule has 0 aliphatic carbocycles. The summed E-state index contributed by atoms with van der Waals surface area (Å²) in [5, 5.41) is 5.22. The van der Waals surface area contributed by atoms with Gasteiger partial charge in [-0.3, -0.25) is 4.79 Å². The molecule has 2 aromatic heterocycles. The maximum absolute atomic E-state index is 13.1. The molecule has 2 N–H and O–H groups in total. The fourth-order valence-corrected chi connectivity index (χ4v) is 3.65. The first-order chi connectivity index (χ1) is 13.0. The molecule has 0 radical (unpaired) electrons. The highest BCUT2D eigenvalue weighted by Crippen LogP contribution is 2.27. The van der Waals surface area contributed by atoms with Crippen molar-refractivity contribution in [3.05, 3.63) is 59.4 Å². The number of carbonyl (C=O) groups excluding carboxylic acids is 1. The minimum atomic E-state index is -0.0880. The maximum atomic E-state index is 13.1. The second-order valence-corrected chi connectivity index (χ2v) is 7.35. The Morgan fingerprint density at radius 3 is 2.74 bits per heavy atom. The van der Waals surface area contributed by atoms with Crippen molar-refractivity contribution in [2.75, 3.05) is 6.54 Å². The number of likely N-dealkylation sites (tertiary alicyclic amines) is 1. The summed E-state index contributed by atoms with van der Waals surface area (Å²) in [6, 6.07) is 13.0. The molecule has 1 fully saturated rings. The van der Waals surface area contributed by atoms with Crippen LogP contribution in [0.25, 0.3) is 17.1 Å². The second-order valence-electron chi connectivity index (χ2n) is 6.91. The number of piperidine rings is 1. The van der Waals surface area contributed by atoms with Gasteiger partial charge in [0.25, 0.3) is 5.91 Å². The van der Waals surface area contributed by atoms with Gasteiger partial charge in [-0.15, -0.1) is 0 Å². The lowest BCUT2D eigenvalue weighted by Gasteiger charge is -2.35. The Morgan fingerprint density at radius 2 is 2.07 bits per heavy atom. The van der Waals surface area contributed by atoms with Crippen LogP contribution in [0.2, 0.25) is 5.02 Å². The molecule has 140 valence electrons. The van der Waals surface area contributed by atoms with Crippen LogP contribution in [0.15, 0.2) is 53.1 Å². The van der Waals surface area contributed by atoms with Gasteiger partial charge in [0, 0.05) is 29.7 Å². The Labute approximate surface area is 162 Å². The smallest absolute Gasteiger partial charge is 0.274 e. The molecule has 1 saturated heterocycles. The van der Waals surface area contributed by atoms with E-state index >= 15 is 0 Å². The van der Waals surface area contributed by atoms with E-state index < -0.39 is 0 Å². The number of carbonyl (C=O) groups is 1. The van der Waals surface area contributed by atoms with Crippen LogP contribution in [0.4, 0.5) is 0 Å². The number of rotatable bonds is 3. The maximum Gasteiger partial charge on any atom is 0.274 e. The van der Waals surface area contributed by atoms with E-state index in [0.29, 0.717) is 28.7 Å². The largest absolute Gasteiger partial charge is 0.463 e.